The number of rotatable bonds is 9. The molecule has 1 heterocycles. The van der Waals surface area contributed by atoms with Crippen LogP contribution in [0.2, 0.25) is 0 Å². The SMILES string of the molecule is CCCOc1ccc(-c2csc(NC(=O)c3ccc(S(=O)(=O)N(C)C4CCCCC4)cc3)n2)cc1. The van der Waals surface area contributed by atoms with Gasteiger partial charge in [0.15, 0.2) is 5.13 Å². The van der Waals surface area contributed by atoms with E-state index in [2.05, 4.69) is 17.2 Å². The predicted molar refractivity (Wildman–Crippen MR) is 140 cm³/mol. The topological polar surface area (TPSA) is 88.6 Å². The summed E-state index contributed by atoms with van der Waals surface area (Å²) in [6, 6.07) is 13.8. The number of nitrogens with one attached hydrogen (secondary N) is 1. The number of benzene rings is 2. The number of amides is 1. The number of carbonyl (C=O) groups is 1. The third-order valence-electron chi connectivity index (χ3n) is 6.23. The van der Waals surface area contributed by atoms with E-state index in [0.29, 0.717) is 17.3 Å². The Balaban J connectivity index is 1.39. The number of nitrogens with zero attached hydrogens (tertiary/aromatic N) is 2. The van der Waals surface area contributed by atoms with E-state index in [1.165, 1.54) is 27.8 Å². The van der Waals surface area contributed by atoms with Crippen LogP contribution in [0.4, 0.5) is 5.13 Å². The molecule has 1 N–H and O–H groups in total. The van der Waals surface area contributed by atoms with Crippen molar-refractivity contribution < 1.29 is 17.9 Å². The number of hydrogen-bond donors (Lipinski definition) is 1. The van der Waals surface area contributed by atoms with E-state index in [9.17, 15) is 13.2 Å². The van der Waals surface area contributed by atoms with Crippen molar-refractivity contribution in [1.82, 2.24) is 9.29 Å². The van der Waals surface area contributed by atoms with E-state index in [-0.39, 0.29) is 16.8 Å². The Labute approximate surface area is 211 Å². The normalized spacial score (nSPS) is 14.7. The van der Waals surface area contributed by atoms with Gasteiger partial charge < -0.3 is 4.74 Å². The molecule has 1 saturated carbocycles. The number of hydrogen-bond acceptors (Lipinski definition) is 6. The molecule has 35 heavy (non-hydrogen) atoms. The second kappa shape index (κ2) is 11.3. The first-order valence-electron chi connectivity index (χ1n) is 12.0. The second-order valence-corrected chi connectivity index (χ2v) is 11.6. The van der Waals surface area contributed by atoms with Crippen molar-refractivity contribution in [2.75, 3.05) is 19.0 Å². The van der Waals surface area contributed by atoms with E-state index in [4.69, 9.17) is 4.74 Å². The first-order valence-corrected chi connectivity index (χ1v) is 14.3. The summed E-state index contributed by atoms with van der Waals surface area (Å²) in [6.45, 7) is 2.74. The molecule has 0 atom stereocenters. The van der Waals surface area contributed by atoms with Gasteiger partial charge in [0.25, 0.3) is 5.91 Å². The number of carbonyl (C=O) groups excluding carboxylic acids is 1. The number of ether oxygens (including phenoxy) is 1. The van der Waals surface area contributed by atoms with Gasteiger partial charge in [-0.15, -0.1) is 11.3 Å². The van der Waals surface area contributed by atoms with Gasteiger partial charge in [-0.25, -0.2) is 13.4 Å². The molecule has 1 aromatic heterocycles. The summed E-state index contributed by atoms with van der Waals surface area (Å²) in [6.07, 6.45) is 6.01. The third-order valence-corrected chi connectivity index (χ3v) is 8.91. The maximum atomic E-state index is 13.0. The summed E-state index contributed by atoms with van der Waals surface area (Å²) in [5, 5.41) is 5.16. The van der Waals surface area contributed by atoms with Gasteiger partial charge in [0.1, 0.15) is 5.75 Å². The molecule has 1 amide bonds. The van der Waals surface area contributed by atoms with Crippen molar-refractivity contribution in [3.8, 4) is 17.0 Å². The zero-order valence-corrected chi connectivity index (χ0v) is 21.7. The summed E-state index contributed by atoms with van der Waals surface area (Å²) >= 11 is 1.34. The Bertz CT molecular complexity index is 1230. The number of thiazole rings is 1. The molecule has 3 aromatic rings. The average Bonchev–Trinajstić information content (AvgIpc) is 3.36. The summed E-state index contributed by atoms with van der Waals surface area (Å²) < 4.78 is 33.1. The third kappa shape index (κ3) is 6.09. The number of aromatic nitrogens is 1. The minimum absolute atomic E-state index is 0.0379. The van der Waals surface area contributed by atoms with Crippen LogP contribution in [0.1, 0.15) is 55.8 Å². The standard InChI is InChI=1S/C26H31N3O4S2/c1-3-17-33-22-13-9-19(10-14-22)24-18-34-26(27-24)28-25(30)20-11-15-23(16-12-20)35(31,32)29(2)21-7-5-4-6-8-21/h9-16,18,21H,3-8,17H2,1-2H3,(H,27,28,30). The lowest BCUT2D eigenvalue weighted by Crippen LogP contribution is -2.38. The van der Waals surface area contributed by atoms with Gasteiger partial charge in [-0.2, -0.15) is 4.31 Å². The molecule has 0 spiro atoms. The maximum Gasteiger partial charge on any atom is 0.257 e. The van der Waals surface area contributed by atoms with Crippen molar-refractivity contribution >= 4 is 32.4 Å². The Kier molecular flexibility index (Phi) is 8.20. The van der Waals surface area contributed by atoms with Gasteiger partial charge in [-0.1, -0.05) is 26.2 Å². The molecule has 0 bridgehead atoms. The van der Waals surface area contributed by atoms with Crippen LogP contribution in [-0.4, -0.2) is 43.3 Å². The summed E-state index contributed by atoms with van der Waals surface area (Å²) in [5.74, 6) is 0.480. The van der Waals surface area contributed by atoms with Crippen molar-refractivity contribution in [1.29, 1.82) is 0 Å². The molecular weight excluding hydrogens is 482 g/mol. The van der Waals surface area contributed by atoms with E-state index < -0.39 is 10.0 Å². The minimum atomic E-state index is -3.59. The van der Waals surface area contributed by atoms with Crippen LogP contribution < -0.4 is 10.1 Å². The highest BCUT2D eigenvalue weighted by Gasteiger charge is 2.29. The largest absolute Gasteiger partial charge is 0.494 e. The van der Waals surface area contributed by atoms with Crippen LogP contribution in [0.5, 0.6) is 5.75 Å². The summed E-state index contributed by atoms with van der Waals surface area (Å²) in [5.41, 5.74) is 2.07. The quantitative estimate of drug-likeness (QED) is 0.390. The lowest BCUT2D eigenvalue weighted by molar-refractivity contribution is 0.102. The van der Waals surface area contributed by atoms with E-state index in [1.54, 1.807) is 19.2 Å². The second-order valence-electron chi connectivity index (χ2n) is 8.70. The van der Waals surface area contributed by atoms with Gasteiger partial charge in [0.05, 0.1) is 17.2 Å². The first-order chi connectivity index (χ1) is 16.9. The fourth-order valence-corrected chi connectivity index (χ4v) is 6.29. The van der Waals surface area contributed by atoms with Crippen LogP contribution in [0, 0.1) is 0 Å². The molecule has 1 aliphatic carbocycles. The Morgan fingerprint density at radius 1 is 1.09 bits per heavy atom. The lowest BCUT2D eigenvalue weighted by Gasteiger charge is -2.30. The number of sulfonamides is 1. The van der Waals surface area contributed by atoms with Gasteiger partial charge in [-0.05, 0) is 67.8 Å². The highest BCUT2D eigenvalue weighted by molar-refractivity contribution is 7.89. The summed E-state index contributed by atoms with van der Waals surface area (Å²) in [4.78, 5) is 17.4. The zero-order chi connectivity index (χ0) is 24.8. The molecule has 2 aromatic carbocycles. The molecule has 9 heteroatoms. The highest BCUT2D eigenvalue weighted by atomic mass is 32.2. The molecule has 0 saturated heterocycles. The van der Waals surface area contributed by atoms with E-state index >= 15 is 0 Å². The van der Waals surface area contributed by atoms with E-state index in [1.807, 2.05) is 29.6 Å². The smallest absolute Gasteiger partial charge is 0.257 e. The fraction of sp³-hybridized carbons (Fsp3) is 0.385. The summed E-state index contributed by atoms with van der Waals surface area (Å²) in [7, 11) is -1.94. The van der Waals surface area contributed by atoms with E-state index in [0.717, 1.165) is 55.5 Å². The highest BCUT2D eigenvalue weighted by Crippen LogP contribution is 2.28. The molecule has 1 aliphatic rings. The Morgan fingerprint density at radius 3 is 2.43 bits per heavy atom. The van der Waals surface area contributed by atoms with Crippen molar-refractivity contribution in [2.24, 2.45) is 0 Å². The monoisotopic (exact) mass is 513 g/mol. The fourth-order valence-electron chi connectivity index (χ4n) is 4.16. The van der Waals surface area contributed by atoms with Crippen molar-refractivity contribution in [3.63, 3.8) is 0 Å². The molecule has 0 radical (unpaired) electrons. The van der Waals surface area contributed by atoms with Gasteiger partial charge in [0.2, 0.25) is 10.0 Å². The van der Waals surface area contributed by atoms with Gasteiger partial charge in [-0.3, -0.25) is 10.1 Å². The van der Waals surface area contributed by atoms with Crippen molar-refractivity contribution in [3.05, 3.63) is 59.5 Å². The van der Waals surface area contributed by atoms with Crippen LogP contribution in [-0.2, 0) is 10.0 Å². The molecule has 1 fully saturated rings. The maximum absolute atomic E-state index is 13.0. The lowest BCUT2D eigenvalue weighted by atomic mass is 9.96. The molecule has 0 aliphatic heterocycles. The Hall–Kier alpha value is -2.75. The predicted octanol–water partition coefficient (Wildman–Crippen LogP) is 5.80. The van der Waals surface area contributed by atoms with Crippen LogP contribution >= 0.6 is 11.3 Å². The van der Waals surface area contributed by atoms with Crippen LogP contribution in [0.3, 0.4) is 0 Å². The van der Waals surface area contributed by atoms with Crippen LogP contribution in [0.25, 0.3) is 11.3 Å². The van der Waals surface area contributed by atoms with Crippen LogP contribution in [0.15, 0.2) is 58.8 Å². The van der Waals surface area contributed by atoms with Gasteiger partial charge in [0, 0.05) is 29.6 Å². The number of anilines is 1. The molecule has 0 unspecified atom stereocenters. The molecule has 4 rings (SSSR count). The zero-order valence-electron chi connectivity index (χ0n) is 20.1. The van der Waals surface area contributed by atoms with Gasteiger partial charge >= 0.3 is 0 Å². The molecular formula is C26H31N3O4S2. The average molecular weight is 514 g/mol. The Morgan fingerprint density at radius 2 is 1.77 bits per heavy atom. The minimum Gasteiger partial charge on any atom is -0.494 e. The molecule has 186 valence electrons. The molecule has 7 nitrogen and oxygen atoms in total. The first kappa shape index (κ1) is 25.3. The van der Waals surface area contributed by atoms with Crippen molar-refractivity contribution in [2.45, 2.75) is 56.4 Å².